The second kappa shape index (κ2) is 13.3. The number of nitrogens with one attached hydrogen (secondary N) is 1. The van der Waals surface area contributed by atoms with Crippen LogP contribution in [0, 0.1) is 0 Å². The molecule has 0 aliphatic heterocycles. The van der Waals surface area contributed by atoms with Gasteiger partial charge in [-0.05, 0) is 50.6 Å². The maximum absolute atomic E-state index is 12.2. The van der Waals surface area contributed by atoms with E-state index in [1.54, 1.807) is 54.5 Å². The van der Waals surface area contributed by atoms with Crippen molar-refractivity contribution in [3.8, 4) is 0 Å². The van der Waals surface area contributed by atoms with Crippen LogP contribution >= 0.6 is 59.6 Å². The van der Waals surface area contributed by atoms with Crippen molar-refractivity contribution < 1.29 is 9.59 Å². The van der Waals surface area contributed by atoms with Crippen molar-refractivity contribution in [3.05, 3.63) is 69.7 Å². The number of hydrogen-bond donors (Lipinski definition) is 1. The van der Waals surface area contributed by atoms with Gasteiger partial charge in [0.25, 0.3) is 11.1 Å². The molecule has 4 nitrogen and oxygen atoms in total. The molecule has 2 aromatic carbocycles. The highest BCUT2D eigenvalue weighted by atomic mass is 35.5. The van der Waals surface area contributed by atoms with Gasteiger partial charge in [0.15, 0.2) is 0 Å². The highest BCUT2D eigenvalue weighted by Crippen LogP contribution is 2.24. The van der Waals surface area contributed by atoms with Crippen LogP contribution in [0.4, 0.5) is 0 Å². The predicted octanol–water partition coefficient (Wildman–Crippen LogP) is 6.28. The van der Waals surface area contributed by atoms with Crippen molar-refractivity contribution in [2.24, 2.45) is 0 Å². The number of rotatable bonds is 3. The number of hydrazine groups is 1. The lowest BCUT2D eigenvalue weighted by atomic mass is 10.1. The van der Waals surface area contributed by atoms with Crippen LogP contribution < -0.4 is 5.43 Å². The summed E-state index contributed by atoms with van der Waals surface area (Å²) in [5.41, 5.74) is 3.60. The number of halogens is 5. The molecule has 0 fully saturated rings. The standard InChI is InChI=1S/C12H16Cl2N2O.C7H5ClO.2ClH/c1-12(2,3)16(15-4)11(17)8-5-6-9(13)10(14)7-8;8-7(9)6-4-2-1-3-5-6;;/h5-7,15H,1-4H3;1-5H;2*1H. The lowest BCUT2D eigenvalue weighted by Crippen LogP contribution is -2.52. The molecule has 2 rings (SSSR count). The second-order valence-corrected chi connectivity index (χ2v) is 7.46. The summed E-state index contributed by atoms with van der Waals surface area (Å²) in [5.74, 6) is -0.140. The van der Waals surface area contributed by atoms with E-state index in [2.05, 4.69) is 5.43 Å². The first-order valence-corrected chi connectivity index (χ1v) is 8.93. The van der Waals surface area contributed by atoms with Crippen LogP contribution in [0.1, 0.15) is 41.5 Å². The van der Waals surface area contributed by atoms with Crippen molar-refractivity contribution in [1.82, 2.24) is 10.4 Å². The van der Waals surface area contributed by atoms with E-state index in [0.29, 0.717) is 21.2 Å². The molecule has 0 aromatic heterocycles. The molecular formula is C19H23Cl5N2O2. The maximum Gasteiger partial charge on any atom is 0.268 e. The number of carbonyl (C=O) groups excluding carboxylic acids is 2. The summed E-state index contributed by atoms with van der Waals surface area (Å²) in [6.45, 7) is 5.83. The third-order valence-electron chi connectivity index (χ3n) is 3.26. The van der Waals surface area contributed by atoms with Crippen molar-refractivity contribution in [2.75, 3.05) is 7.05 Å². The average molecular weight is 489 g/mol. The SMILES string of the molecule is CNN(C(=O)c1ccc(Cl)c(Cl)c1)C(C)(C)C.Cl.Cl.O=C(Cl)c1ccccc1. The third-order valence-corrected chi connectivity index (χ3v) is 4.22. The topological polar surface area (TPSA) is 49.4 Å². The zero-order valence-corrected chi connectivity index (χ0v) is 19.7. The molecule has 9 heteroatoms. The van der Waals surface area contributed by atoms with E-state index < -0.39 is 5.24 Å². The van der Waals surface area contributed by atoms with E-state index in [4.69, 9.17) is 34.8 Å². The summed E-state index contributed by atoms with van der Waals surface area (Å²) < 4.78 is 0. The van der Waals surface area contributed by atoms with Crippen LogP contribution in [0.15, 0.2) is 48.5 Å². The van der Waals surface area contributed by atoms with E-state index in [1.165, 1.54) is 0 Å². The Morgan fingerprint density at radius 1 is 0.893 bits per heavy atom. The number of benzene rings is 2. The fourth-order valence-electron chi connectivity index (χ4n) is 2.07. The summed E-state index contributed by atoms with van der Waals surface area (Å²) in [7, 11) is 1.71. The van der Waals surface area contributed by atoms with Gasteiger partial charge in [-0.3, -0.25) is 14.6 Å². The van der Waals surface area contributed by atoms with Crippen molar-refractivity contribution in [2.45, 2.75) is 26.3 Å². The van der Waals surface area contributed by atoms with Gasteiger partial charge in [0.05, 0.1) is 15.6 Å². The van der Waals surface area contributed by atoms with Gasteiger partial charge < -0.3 is 0 Å². The molecule has 0 unspecified atom stereocenters. The Hall–Kier alpha value is -1.01. The Kier molecular flexibility index (Phi) is 13.8. The molecule has 0 radical (unpaired) electrons. The predicted molar refractivity (Wildman–Crippen MR) is 123 cm³/mol. The summed E-state index contributed by atoms with van der Waals surface area (Å²) in [6.07, 6.45) is 0. The fourth-order valence-corrected chi connectivity index (χ4v) is 2.49. The first-order valence-electron chi connectivity index (χ1n) is 7.79. The Morgan fingerprint density at radius 3 is 1.79 bits per heavy atom. The van der Waals surface area contributed by atoms with Gasteiger partial charge >= 0.3 is 0 Å². The van der Waals surface area contributed by atoms with Crippen molar-refractivity contribution >= 4 is 70.8 Å². The Labute approximate surface area is 193 Å². The van der Waals surface area contributed by atoms with E-state index >= 15 is 0 Å². The molecule has 0 heterocycles. The number of amides is 1. The van der Waals surface area contributed by atoms with Gasteiger partial charge in [-0.25, -0.2) is 5.43 Å². The molecule has 0 aliphatic carbocycles. The van der Waals surface area contributed by atoms with Crippen LogP contribution in [0.2, 0.25) is 10.0 Å². The highest BCUT2D eigenvalue weighted by molar-refractivity contribution is 6.67. The minimum absolute atomic E-state index is 0. The normalized spacial score (nSPS) is 9.82. The van der Waals surface area contributed by atoms with Crippen LogP contribution in [0.25, 0.3) is 0 Å². The Balaban J connectivity index is 0. The highest BCUT2D eigenvalue weighted by Gasteiger charge is 2.26. The zero-order valence-electron chi connectivity index (χ0n) is 15.8. The molecular weight excluding hydrogens is 465 g/mol. The van der Waals surface area contributed by atoms with Gasteiger partial charge in [0, 0.05) is 18.2 Å². The zero-order chi connectivity index (χ0) is 19.9. The van der Waals surface area contributed by atoms with Gasteiger partial charge in [-0.15, -0.1) is 24.8 Å². The molecule has 1 N–H and O–H groups in total. The monoisotopic (exact) mass is 486 g/mol. The number of nitrogens with zero attached hydrogens (tertiary/aromatic N) is 1. The molecule has 28 heavy (non-hydrogen) atoms. The molecule has 0 aliphatic rings. The lowest BCUT2D eigenvalue weighted by Gasteiger charge is -2.34. The van der Waals surface area contributed by atoms with E-state index in [0.717, 1.165) is 0 Å². The molecule has 2 aromatic rings. The fraction of sp³-hybridized carbons (Fsp3) is 0.263. The maximum atomic E-state index is 12.2. The van der Waals surface area contributed by atoms with Crippen molar-refractivity contribution in [1.29, 1.82) is 0 Å². The van der Waals surface area contributed by atoms with Crippen molar-refractivity contribution in [3.63, 3.8) is 0 Å². The van der Waals surface area contributed by atoms with E-state index in [1.807, 2.05) is 26.8 Å². The quantitative estimate of drug-likeness (QED) is 0.409. The molecule has 0 atom stereocenters. The minimum atomic E-state index is -0.407. The summed E-state index contributed by atoms with van der Waals surface area (Å²) in [5, 5.41) is 1.96. The van der Waals surface area contributed by atoms with Crippen LogP contribution in [0.3, 0.4) is 0 Å². The number of hydrogen-bond acceptors (Lipinski definition) is 3. The smallest absolute Gasteiger partial charge is 0.268 e. The minimum Gasteiger partial charge on any atom is -0.276 e. The molecule has 156 valence electrons. The summed E-state index contributed by atoms with van der Waals surface area (Å²) >= 11 is 16.9. The molecule has 1 amide bonds. The molecule has 0 bridgehead atoms. The Morgan fingerprint density at radius 2 is 1.43 bits per heavy atom. The first-order chi connectivity index (χ1) is 12.1. The Bertz CT molecular complexity index is 765. The van der Waals surface area contributed by atoms with Crippen LogP contribution in [-0.2, 0) is 0 Å². The van der Waals surface area contributed by atoms with E-state index in [9.17, 15) is 9.59 Å². The van der Waals surface area contributed by atoms with Gasteiger partial charge in [-0.1, -0.05) is 53.5 Å². The third kappa shape index (κ3) is 8.99. The van der Waals surface area contributed by atoms with Crippen LogP contribution in [-0.4, -0.2) is 28.7 Å². The van der Waals surface area contributed by atoms with Gasteiger partial charge in [-0.2, -0.15) is 0 Å². The van der Waals surface area contributed by atoms with Gasteiger partial charge in [0.1, 0.15) is 0 Å². The average Bonchev–Trinajstić information content (AvgIpc) is 2.58. The molecule has 0 saturated carbocycles. The largest absolute Gasteiger partial charge is 0.276 e. The molecule has 0 spiro atoms. The summed E-state index contributed by atoms with van der Waals surface area (Å²) in [6, 6.07) is 13.6. The molecule has 0 saturated heterocycles. The number of carbonyl (C=O) groups is 2. The lowest BCUT2D eigenvalue weighted by molar-refractivity contribution is 0.0442. The van der Waals surface area contributed by atoms with Crippen LogP contribution in [0.5, 0.6) is 0 Å². The summed E-state index contributed by atoms with van der Waals surface area (Å²) in [4.78, 5) is 22.7. The first kappa shape index (κ1) is 29.2. The van der Waals surface area contributed by atoms with E-state index in [-0.39, 0.29) is 36.3 Å². The second-order valence-electron chi connectivity index (χ2n) is 6.30. The van der Waals surface area contributed by atoms with Gasteiger partial charge in [0.2, 0.25) is 0 Å².